The molecule has 0 saturated carbocycles. The molecule has 0 unspecified atom stereocenters. The van der Waals surface area contributed by atoms with E-state index in [-0.39, 0.29) is 17.9 Å². The number of rotatable bonds is 7. The number of aromatic nitrogens is 2. The lowest BCUT2D eigenvalue weighted by Gasteiger charge is -2.28. The Morgan fingerprint density at radius 3 is 2.56 bits per heavy atom. The van der Waals surface area contributed by atoms with Crippen LogP contribution in [0.2, 0.25) is 0 Å². The molecule has 9 heteroatoms. The Morgan fingerprint density at radius 2 is 1.88 bits per heavy atom. The van der Waals surface area contributed by atoms with Gasteiger partial charge in [-0.05, 0) is 39.2 Å². The summed E-state index contributed by atoms with van der Waals surface area (Å²) in [5.41, 5.74) is 2.07. The fraction of sp³-hybridized carbons (Fsp3) is 0.320. The normalized spacial score (nSPS) is 17.7. The van der Waals surface area contributed by atoms with E-state index < -0.39 is 17.7 Å². The summed E-state index contributed by atoms with van der Waals surface area (Å²) in [5, 5.41) is 11.5. The number of carbonyl (C=O) groups excluding carboxylic acids is 2. The van der Waals surface area contributed by atoms with Crippen LogP contribution in [0.5, 0.6) is 11.5 Å². The summed E-state index contributed by atoms with van der Waals surface area (Å²) in [5.74, 6) is -0.852. The Bertz CT molecular complexity index is 1290. The number of Topliss-reactive ketones (excluding diaryl/α,β-unsaturated/α-hetero) is 1. The van der Waals surface area contributed by atoms with Crippen molar-refractivity contribution in [3.63, 3.8) is 0 Å². The molecule has 2 aromatic heterocycles. The lowest BCUT2D eigenvalue weighted by molar-refractivity contribution is -0.140. The zero-order valence-electron chi connectivity index (χ0n) is 19.9. The summed E-state index contributed by atoms with van der Waals surface area (Å²) in [4.78, 5) is 34.5. The average Bonchev–Trinajstić information content (AvgIpc) is 3.29. The van der Waals surface area contributed by atoms with E-state index >= 15 is 0 Å². The van der Waals surface area contributed by atoms with Crippen molar-refractivity contribution >= 4 is 23.1 Å². The van der Waals surface area contributed by atoms with Gasteiger partial charge in [0.05, 0.1) is 31.5 Å². The number of likely N-dealkylation sites (N-methyl/N-ethyl adjacent to an activating group) is 1. The number of nitrogens with zero attached hydrogens (tertiary/aromatic N) is 4. The first-order valence-corrected chi connectivity index (χ1v) is 10.9. The number of aryl methyl sites for hydroxylation is 1. The number of hydrogen-bond acceptors (Lipinski definition) is 7. The molecule has 1 aliphatic heterocycles. The maximum Gasteiger partial charge on any atom is 0.295 e. The monoisotopic (exact) mass is 464 g/mol. The molecule has 9 nitrogen and oxygen atoms in total. The van der Waals surface area contributed by atoms with Crippen molar-refractivity contribution in [2.24, 2.45) is 0 Å². The second-order valence-electron chi connectivity index (χ2n) is 8.35. The van der Waals surface area contributed by atoms with Gasteiger partial charge in [-0.3, -0.25) is 14.0 Å². The number of carbonyl (C=O) groups is 2. The molecule has 34 heavy (non-hydrogen) atoms. The van der Waals surface area contributed by atoms with E-state index in [1.807, 2.05) is 37.2 Å². The number of aliphatic hydroxyl groups is 1. The summed E-state index contributed by atoms with van der Waals surface area (Å²) in [7, 11) is 6.80. The molecule has 0 bridgehead atoms. The van der Waals surface area contributed by atoms with Gasteiger partial charge in [0.25, 0.3) is 11.7 Å². The Balaban J connectivity index is 1.99. The Hall–Kier alpha value is -3.85. The number of benzene rings is 1. The first kappa shape index (κ1) is 23.3. The van der Waals surface area contributed by atoms with Crippen LogP contribution in [0.4, 0.5) is 0 Å². The minimum absolute atomic E-state index is 0.0101. The van der Waals surface area contributed by atoms with Crippen LogP contribution in [0.1, 0.15) is 23.0 Å². The fourth-order valence-corrected chi connectivity index (χ4v) is 4.40. The lowest BCUT2D eigenvalue weighted by atomic mass is 9.95. The van der Waals surface area contributed by atoms with Gasteiger partial charge in [-0.2, -0.15) is 0 Å². The lowest BCUT2D eigenvalue weighted by Crippen LogP contribution is -2.35. The number of methoxy groups -OCH3 is 2. The van der Waals surface area contributed by atoms with Gasteiger partial charge in [-0.1, -0.05) is 18.2 Å². The van der Waals surface area contributed by atoms with Crippen molar-refractivity contribution < 1.29 is 24.2 Å². The number of amides is 1. The van der Waals surface area contributed by atoms with Crippen LogP contribution in [0, 0.1) is 6.92 Å². The van der Waals surface area contributed by atoms with Crippen molar-refractivity contribution in [2.75, 3.05) is 41.4 Å². The zero-order chi connectivity index (χ0) is 24.6. The molecule has 1 fully saturated rings. The van der Waals surface area contributed by atoms with Crippen LogP contribution in [-0.2, 0) is 9.59 Å². The highest BCUT2D eigenvalue weighted by Gasteiger charge is 2.47. The van der Waals surface area contributed by atoms with Gasteiger partial charge in [0.15, 0.2) is 17.3 Å². The van der Waals surface area contributed by atoms with E-state index in [1.54, 1.807) is 35.7 Å². The third-order valence-corrected chi connectivity index (χ3v) is 5.98. The van der Waals surface area contributed by atoms with Crippen LogP contribution >= 0.6 is 0 Å². The van der Waals surface area contributed by atoms with Crippen LogP contribution in [0.25, 0.3) is 11.4 Å². The molecule has 1 amide bonds. The van der Waals surface area contributed by atoms with Crippen LogP contribution in [0.15, 0.2) is 48.2 Å². The number of ketones is 1. The number of para-hydroxylation sites is 1. The highest BCUT2D eigenvalue weighted by atomic mass is 16.5. The average molecular weight is 465 g/mol. The van der Waals surface area contributed by atoms with Gasteiger partial charge >= 0.3 is 0 Å². The van der Waals surface area contributed by atoms with Crippen molar-refractivity contribution in [1.29, 1.82) is 0 Å². The van der Waals surface area contributed by atoms with Gasteiger partial charge in [-0.25, -0.2) is 4.98 Å². The standard InChI is InChI=1S/C25H28N4O5/c1-15-20(28-12-7-6-11-18(28)26-15)22(30)19-21(16-9-8-10-17(33-4)24(16)34-5)29(14-13-27(2)3)25(32)23(19)31/h6-12,21,30H,13-14H2,1-5H3/t21-/m1/s1. The summed E-state index contributed by atoms with van der Waals surface area (Å²) in [6.07, 6.45) is 1.76. The minimum atomic E-state index is -0.862. The highest BCUT2D eigenvalue weighted by molar-refractivity contribution is 6.46. The van der Waals surface area contributed by atoms with E-state index in [4.69, 9.17) is 9.47 Å². The number of aliphatic hydroxyl groups excluding tert-OH is 1. The highest BCUT2D eigenvalue weighted by Crippen LogP contribution is 2.45. The number of imidazole rings is 1. The van der Waals surface area contributed by atoms with Crippen LogP contribution in [-0.4, -0.2) is 77.4 Å². The van der Waals surface area contributed by atoms with Gasteiger partial charge in [-0.15, -0.1) is 0 Å². The van der Waals surface area contributed by atoms with Gasteiger partial charge in [0, 0.05) is 24.8 Å². The summed E-state index contributed by atoms with van der Waals surface area (Å²) < 4.78 is 12.8. The quantitative estimate of drug-likeness (QED) is 0.326. The molecular formula is C25H28N4O5. The van der Waals surface area contributed by atoms with Gasteiger partial charge < -0.3 is 24.4 Å². The van der Waals surface area contributed by atoms with Crippen molar-refractivity contribution in [3.8, 4) is 11.5 Å². The second-order valence-corrected chi connectivity index (χ2v) is 8.35. The third-order valence-electron chi connectivity index (χ3n) is 5.98. The van der Waals surface area contributed by atoms with E-state index in [9.17, 15) is 14.7 Å². The SMILES string of the molecule is COc1cccc([C@@H]2C(=C(O)c3c(C)nc4ccccn34)C(=O)C(=O)N2CCN(C)C)c1OC. The Kier molecular flexibility index (Phi) is 6.30. The Morgan fingerprint density at radius 1 is 1.12 bits per heavy atom. The molecule has 1 aromatic carbocycles. The maximum atomic E-state index is 13.4. The third kappa shape index (κ3) is 3.77. The second kappa shape index (κ2) is 9.18. The van der Waals surface area contributed by atoms with Crippen molar-refractivity contribution in [2.45, 2.75) is 13.0 Å². The Labute approximate surface area is 197 Å². The molecule has 1 saturated heterocycles. The number of fused-ring (bicyclic) bond motifs is 1. The summed E-state index contributed by atoms with van der Waals surface area (Å²) in [6, 6.07) is 9.87. The van der Waals surface area contributed by atoms with Crippen LogP contribution in [0.3, 0.4) is 0 Å². The van der Waals surface area contributed by atoms with Crippen LogP contribution < -0.4 is 9.47 Å². The van der Waals surface area contributed by atoms with Crippen molar-refractivity contribution in [3.05, 3.63) is 65.1 Å². The zero-order valence-corrected chi connectivity index (χ0v) is 19.9. The minimum Gasteiger partial charge on any atom is -0.505 e. The van der Waals surface area contributed by atoms with E-state index in [2.05, 4.69) is 4.98 Å². The predicted molar refractivity (Wildman–Crippen MR) is 127 cm³/mol. The molecule has 0 radical (unpaired) electrons. The maximum absolute atomic E-state index is 13.4. The summed E-state index contributed by atoms with van der Waals surface area (Å²) >= 11 is 0. The number of likely N-dealkylation sites (tertiary alicyclic amines) is 1. The molecule has 4 rings (SSSR count). The molecule has 3 heterocycles. The van der Waals surface area contributed by atoms with Gasteiger partial charge in [0.1, 0.15) is 11.3 Å². The fourth-order valence-electron chi connectivity index (χ4n) is 4.40. The molecule has 3 aromatic rings. The number of hydrogen-bond donors (Lipinski definition) is 1. The number of ether oxygens (including phenoxy) is 2. The number of pyridine rings is 1. The molecule has 1 N–H and O–H groups in total. The molecular weight excluding hydrogens is 436 g/mol. The smallest absolute Gasteiger partial charge is 0.295 e. The molecule has 0 aliphatic carbocycles. The topological polar surface area (TPSA) is 96.6 Å². The van der Waals surface area contributed by atoms with Crippen molar-refractivity contribution in [1.82, 2.24) is 19.2 Å². The molecule has 0 spiro atoms. The summed E-state index contributed by atoms with van der Waals surface area (Å²) in [6.45, 7) is 2.57. The first-order chi connectivity index (χ1) is 16.3. The first-order valence-electron chi connectivity index (χ1n) is 10.9. The van der Waals surface area contributed by atoms with E-state index in [1.165, 1.54) is 19.1 Å². The molecule has 1 atom stereocenters. The van der Waals surface area contributed by atoms with E-state index in [0.717, 1.165) is 0 Å². The largest absolute Gasteiger partial charge is 0.505 e. The van der Waals surface area contributed by atoms with E-state index in [0.29, 0.717) is 40.6 Å². The molecule has 1 aliphatic rings. The predicted octanol–water partition coefficient (Wildman–Crippen LogP) is 2.64. The van der Waals surface area contributed by atoms with Gasteiger partial charge in [0.2, 0.25) is 0 Å². The molecule has 178 valence electrons.